The average molecular weight is 464 g/mol. The number of carbonyl (C=O) groups is 1. The van der Waals surface area contributed by atoms with E-state index in [9.17, 15) is 4.79 Å². The maximum absolute atomic E-state index is 13.0. The molecule has 0 aliphatic carbocycles. The Hall–Kier alpha value is -2.74. The Labute approximate surface area is 198 Å². The van der Waals surface area contributed by atoms with E-state index < -0.39 is 0 Å². The molecule has 7 heteroatoms. The van der Waals surface area contributed by atoms with Gasteiger partial charge in [-0.1, -0.05) is 59.9 Å². The van der Waals surface area contributed by atoms with Crippen molar-refractivity contribution in [1.82, 2.24) is 14.7 Å². The Kier molecular flexibility index (Phi) is 6.89. The zero-order chi connectivity index (χ0) is 22.7. The highest BCUT2D eigenvalue weighted by Gasteiger charge is 2.32. The lowest BCUT2D eigenvalue weighted by Gasteiger charge is -2.13. The van der Waals surface area contributed by atoms with Crippen LogP contribution in [0.3, 0.4) is 0 Å². The zero-order valence-electron chi connectivity index (χ0n) is 18.4. The summed E-state index contributed by atoms with van der Waals surface area (Å²) in [4.78, 5) is 15.3. The second-order valence-corrected chi connectivity index (χ2v) is 9.39. The van der Waals surface area contributed by atoms with Gasteiger partial charge in [-0.3, -0.25) is 9.69 Å². The van der Waals surface area contributed by atoms with Crippen LogP contribution >= 0.6 is 24.0 Å². The second-order valence-electron chi connectivity index (χ2n) is 7.71. The van der Waals surface area contributed by atoms with Gasteiger partial charge in [0.05, 0.1) is 10.6 Å². The van der Waals surface area contributed by atoms with Gasteiger partial charge in [0.25, 0.3) is 5.91 Å². The van der Waals surface area contributed by atoms with E-state index in [4.69, 9.17) is 22.1 Å². The second kappa shape index (κ2) is 9.81. The molecule has 3 aromatic rings. The van der Waals surface area contributed by atoms with Gasteiger partial charge in [0.2, 0.25) is 0 Å². The molecule has 0 bridgehead atoms. The number of nitrogens with zero attached hydrogens (tertiary/aromatic N) is 3. The quantitative estimate of drug-likeness (QED) is 0.267. The Morgan fingerprint density at radius 1 is 1.16 bits per heavy atom. The molecule has 164 valence electrons. The van der Waals surface area contributed by atoms with Crippen LogP contribution in [0.2, 0.25) is 0 Å². The number of benzene rings is 2. The van der Waals surface area contributed by atoms with Crippen LogP contribution in [0.1, 0.15) is 23.1 Å². The van der Waals surface area contributed by atoms with Crippen LogP contribution < -0.4 is 0 Å². The van der Waals surface area contributed by atoms with Gasteiger partial charge in [0.15, 0.2) is 0 Å². The lowest BCUT2D eigenvalue weighted by Crippen LogP contribution is -2.29. The molecular formula is C25H25N3O2S2. The van der Waals surface area contributed by atoms with Crippen molar-refractivity contribution in [3.8, 4) is 16.9 Å². The van der Waals surface area contributed by atoms with Crippen molar-refractivity contribution in [2.45, 2.75) is 20.3 Å². The van der Waals surface area contributed by atoms with Crippen molar-refractivity contribution in [3.05, 3.63) is 76.3 Å². The van der Waals surface area contributed by atoms with E-state index in [1.54, 1.807) is 12.0 Å². The first kappa shape index (κ1) is 22.5. The van der Waals surface area contributed by atoms with Gasteiger partial charge in [0.1, 0.15) is 10.0 Å². The minimum atomic E-state index is -0.0597. The topological polar surface area (TPSA) is 47.4 Å². The molecule has 0 unspecified atom stereocenters. The van der Waals surface area contributed by atoms with Gasteiger partial charge in [0, 0.05) is 37.6 Å². The molecule has 4 rings (SSSR count). The Morgan fingerprint density at radius 3 is 2.69 bits per heavy atom. The fourth-order valence-electron chi connectivity index (χ4n) is 3.61. The van der Waals surface area contributed by atoms with E-state index in [1.165, 1.54) is 11.8 Å². The molecule has 1 fully saturated rings. The zero-order valence-corrected chi connectivity index (χ0v) is 20.0. The molecule has 1 saturated heterocycles. The van der Waals surface area contributed by atoms with E-state index in [0.29, 0.717) is 22.4 Å². The number of thiocarbonyl (C=S) groups is 1. The monoisotopic (exact) mass is 463 g/mol. The number of hydrogen-bond donors (Lipinski definition) is 0. The normalized spacial score (nSPS) is 15.2. The van der Waals surface area contributed by atoms with Crippen molar-refractivity contribution in [2.75, 3.05) is 20.3 Å². The highest BCUT2D eigenvalue weighted by atomic mass is 32.2. The number of amides is 1. The molecule has 2 aromatic carbocycles. The molecule has 0 radical (unpaired) electrons. The fourth-order valence-corrected chi connectivity index (χ4v) is 4.91. The summed E-state index contributed by atoms with van der Waals surface area (Å²) in [6, 6.07) is 16.3. The molecule has 0 N–H and O–H groups in total. The van der Waals surface area contributed by atoms with Gasteiger partial charge in [-0.25, -0.2) is 4.68 Å². The van der Waals surface area contributed by atoms with E-state index in [0.717, 1.165) is 40.1 Å². The maximum Gasteiger partial charge on any atom is 0.266 e. The van der Waals surface area contributed by atoms with Gasteiger partial charge >= 0.3 is 0 Å². The number of aromatic nitrogens is 2. The highest BCUT2D eigenvalue weighted by molar-refractivity contribution is 8.26. The number of aryl methyl sites for hydroxylation is 2. The van der Waals surface area contributed by atoms with Gasteiger partial charge < -0.3 is 4.74 Å². The molecule has 0 spiro atoms. The lowest BCUT2D eigenvalue weighted by atomic mass is 10.0. The van der Waals surface area contributed by atoms with Crippen LogP contribution in [-0.2, 0) is 9.53 Å². The molecule has 5 nitrogen and oxygen atoms in total. The predicted octanol–water partition coefficient (Wildman–Crippen LogP) is 5.39. The van der Waals surface area contributed by atoms with Crippen molar-refractivity contribution in [3.63, 3.8) is 0 Å². The van der Waals surface area contributed by atoms with Crippen LogP contribution in [-0.4, -0.2) is 45.2 Å². The molecule has 0 atom stereocenters. The third-order valence-electron chi connectivity index (χ3n) is 5.30. The lowest BCUT2D eigenvalue weighted by molar-refractivity contribution is -0.122. The molecule has 1 aliphatic rings. The number of para-hydroxylation sites is 1. The van der Waals surface area contributed by atoms with Crippen molar-refractivity contribution >= 4 is 40.3 Å². The van der Waals surface area contributed by atoms with Crippen LogP contribution in [0.25, 0.3) is 23.0 Å². The Morgan fingerprint density at radius 2 is 1.94 bits per heavy atom. The molecule has 2 heterocycles. The molecule has 0 saturated carbocycles. The number of carbonyl (C=O) groups excluding carboxylic acids is 1. The van der Waals surface area contributed by atoms with Gasteiger partial charge in [-0.05, 0) is 50.1 Å². The summed E-state index contributed by atoms with van der Waals surface area (Å²) in [5, 5.41) is 4.91. The largest absolute Gasteiger partial charge is 0.385 e. The SMILES string of the molecule is COCCCN1C(=O)/C(=C\c2cn(-c3ccccc3)nc2-c2cc(C)ccc2C)SC1=S. The van der Waals surface area contributed by atoms with E-state index >= 15 is 0 Å². The van der Waals surface area contributed by atoms with Crippen LogP contribution in [0.4, 0.5) is 0 Å². The molecule has 1 aliphatic heterocycles. The summed E-state index contributed by atoms with van der Waals surface area (Å²) in [6.45, 7) is 5.30. The van der Waals surface area contributed by atoms with E-state index in [-0.39, 0.29) is 5.91 Å². The molecule has 32 heavy (non-hydrogen) atoms. The smallest absolute Gasteiger partial charge is 0.266 e. The van der Waals surface area contributed by atoms with Crippen molar-refractivity contribution in [2.24, 2.45) is 0 Å². The summed E-state index contributed by atoms with van der Waals surface area (Å²) in [7, 11) is 1.66. The molecule has 1 aromatic heterocycles. The van der Waals surface area contributed by atoms with Crippen molar-refractivity contribution in [1.29, 1.82) is 0 Å². The predicted molar refractivity (Wildman–Crippen MR) is 135 cm³/mol. The van der Waals surface area contributed by atoms with Crippen LogP contribution in [0.5, 0.6) is 0 Å². The first-order valence-corrected chi connectivity index (χ1v) is 11.7. The number of rotatable bonds is 7. The molecular weight excluding hydrogens is 438 g/mol. The first-order chi connectivity index (χ1) is 15.5. The van der Waals surface area contributed by atoms with Crippen molar-refractivity contribution < 1.29 is 9.53 Å². The minimum absolute atomic E-state index is 0.0597. The summed E-state index contributed by atoms with van der Waals surface area (Å²) < 4.78 is 7.56. The summed E-state index contributed by atoms with van der Waals surface area (Å²) >= 11 is 6.81. The number of thioether (sulfide) groups is 1. The van der Waals surface area contributed by atoms with E-state index in [2.05, 4.69) is 32.0 Å². The number of ether oxygens (including phenoxy) is 1. The van der Waals surface area contributed by atoms with Gasteiger partial charge in [-0.15, -0.1) is 0 Å². The summed E-state index contributed by atoms with van der Waals surface area (Å²) in [5.74, 6) is -0.0597. The fraction of sp³-hybridized carbons (Fsp3) is 0.240. The third kappa shape index (κ3) is 4.70. The Balaban J connectivity index is 1.76. The Bertz CT molecular complexity index is 1190. The highest BCUT2D eigenvalue weighted by Crippen LogP contribution is 2.35. The third-order valence-corrected chi connectivity index (χ3v) is 6.68. The summed E-state index contributed by atoms with van der Waals surface area (Å²) in [6.07, 6.45) is 4.64. The number of hydrogen-bond acceptors (Lipinski definition) is 5. The van der Waals surface area contributed by atoms with E-state index in [1.807, 2.05) is 47.3 Å². The standard InChI is InChI=1S/C25H25N3O2S2/c1-17-10-11-18(2)21(14-17)23-19(16-28(26-23)20-8-5-4-6-9-20)15-22-24(29)27(25(31)32-22)12-7-13-30-3/h4-6,8-11,14-16H,7,12-13H2,1-3H3/b22-15+. The van der Waals surface area contributed by atoms with Gasteiger partial charge in [-0.2, -0.15) is 5.10 Å². The minimum Gasteiger partial charge on any atom is -0.385 e. The average Bonchev–Trinajstić information content (AvgIpc) is 3.32. The maximum atomic E-state index is 13.0. The number of methoxy groups -OCH3 is 1. The first-order valence-electron chi connectivity index (χ1n) is 10.4. The van der Waals surface area contributed by atoms with Crippen LogP contribution in [0, 0.1) is 13.8 Å². The van der Waals surface area contributed by atoms with Crippen LogP contribution in [0.15, 0.2) is 59.6 Å². The summed E-state index contributed by atoms with van der Waals surface area (Å²) in [5.41, 5.74) is 6.05. The molecule has 1 amide bonds.